The Kier molecular flexibility index (Phi) is 6.16. The lowest BCUT2D eigenvalue weighted by atomic mass is 9.87. The maximum Gasteiger partial charge on any atom is 0.209 e. The van der Waals surface area contributed by atoms with Crippen molar-refractivity contribution in [1.29, 1.82) is 0 Å². The highest BCUT2D eigenvalue weighted by Gasteiger charge is 2.25. The number of carbonyl (C=O) groups is 1. The van der Waals surface area contributed by atoms with Crippen LogP contribution in [0.5, 0.6) is 0 Å². The van der Waals surface area contributed by atoms with Gasteiger partial charge in [0.15, 0.2) is 0 Å². The lowest BCUT2D eigenvalue weighted by Gasteiger charge is -2.19. The Morgan fingerprint density at radius 3 is 2.75 bits per heavy atom. The number of carbonyl (C=O) groups excluding carboxylic acids is 1. The molecule has 1 N–H and O–H groups in total. The third kappa shape index (κ3) is 3.85. The maximum atomic E-state index is 10.9. The molecule has 1 aromatic carbocycles. The van der Waals surface area contributed by atoms with Gasteiger partial charge in [-0.3, -0.25) is 4.79 Å². The first-order valence-electron chi connectivity index (χ1n) is 8.47. The number of rotatable bonds is 7. The summed E-state index contributed by atoms with van der Waals surface area (Å²) >= 11 is 0. The molecule has 128 valence electrons. The van der Waals surface area contributed by atoms with Crippen LogP contribution in [0.1, 0.15) is 42.9 Å². The van der Waals surface area contributed by atoms with E-state index in [0.29, 0.717) is 11.8 Å². The number of amides is 1. The molecule has 1 aromatic rings. The zero-order valence-electron chi connectivity index (χ0n) is 14.7. The van der Waals surface area contributed by atoms with Crippen LogP contribution < -0.4 is 0 Å². The summed E-state index contributed by atoms with van der Waals surface area (Å²) in [5.41, 5.74) is 5.23. The van der Waals surface area contributed by atoms with Gasteiger partial charge >= 0.3 is 0 Å². The molecule has 0 saturated carbocycles. The first-order valence-corrected chi connectivity index (χ1v) is 8.47. The van der Waals surface area contributed by atoms with Gasteiger partial charge in [0.25, 0.3) is 0 Å². The number of hydrogen-bond donors (Lipinski definition) is 1. The fraction of sp³-hybridized carbons (Fsp3) is 0.381. The first-order chi connectivity index (χ1) is 11.5. The van der Waals surface area contributed by atoms with Gasteiger partial charge in [-0.05, 0) is 46.2 Å². The summed E-state index contributed by atoms with van der Waals surface area (Å²) in [6.07, 6.45) is 5.60. The van der Waals surface area contributed by atoms with Gasteiger partial charge in [-0.25, -0.2) is 0 Å². The van der Waals surface area contributed by atoms with Crippen molar-refractivity contribution in [2.75, 3.05) is 13.1 Å². The highest BCUT2D eigenvalue weighted by Crippen LogP contribution is 2.33. The van der Waals surface area contributed by atoms with Crippen LogP contribution in [-0.2, 0) is 11.4 Å². The summed E-state index contributed by atoms with van der Waals surface area (Å²) in [6, 6.07) is 6.22. The predicted molar refractivity (Wildman–Crippen MR) is 99.5 cm³/mol. The zero-order valence-corrected chi connectivity index (χ0v) is 14.7. The molecule has 0 aromatic heterocycles. The lowest BCUT2D eigenvalue weighted by Crippen LogP contribution is -2.18. The van der Waals surface area contributed by atoms with Gasteiger partial charge in [-0.2, -0.15) is 0 Å². The number of aliphatic hydroxyl groups is 1. The molecule has 1 unspecified atom stereocenters. The summed E-state index contributed by atoms with van der Waals surface area (Å²) in [6.45, 7) is 13.7. The van der Waals surface area contributed by atoms with Crippen LogP contribution in [0.3, 0.4) is 0 Å². The van der Waals surface area contributed by atoms with Crippen LogP contribution in [-0.4, -0.2) is 29.5 Å². The Balaban J connectivity index is 2.37. The van der Waals surface area contributed by atoms with Gasteiger partial charge in [0.1, 0.15) is 0 Å². The number of aliphatic hydroxyl groups excluding tert-OH is 1. The first kappa shape index (κ1) is 18.2. The van der Waals surface area contributed by atoms with Crippen LogP contribution >= 0.6 is 0 Å². The van der Waals surface area contributed by atoms with E-state index in [4.69, 9.17) is 0 Å². The summed E-state index contributed by atoms with van der Waals surface area (Å²) in [7, 11) is 0. The molecule has 24 heavy (non-hydrogen) atoms. The molecular weight excluding hydrogens is 298 g/mol. The van der Waals surface area contributed by atoms with Gasteiger partial charge in [-0.1, -0.05) is 51.3 Å². The Morgan fingerprint density at radius 2 is 2.21 bits per heavy atom. The third-order valence-corrected chi connectivity index (χ3v) is 4.76. The van der Waals surface area contributed by atoms with Crippen LogP contribution in [0.2, 0.25) is 0 Å². The topological polar surface area (TPSA) is 40.5 Å². The molecule has 1 atom stereocenters. The number of benzene rings is 1. The second kappa shape index (κ2) is 8.11. The van der Waals surface area contributed by atoms with Gasteiger partial charge in [0, 0.05) is 19.0 Å². The number of hydrogen-bond acceptors (Lipinski definition) is 2. The molecule has 1 amide bonds. The highest BCUT2D eigenvalue weighted by atomic mass is 16.3. The molecule has 2 rings (SSSR count). The monoisotopic (exact) mass is 325 g/mol. The zero-order chi connectivity index (χ0) is 17.7. The third-order valence-electron chi connectivity index (χ3n) is 4.76. The molecule has 1 fully saturated rings. The van der Waals surface area contributed by atoms with Gasteiger partial charge in [-0.15, -0.1) is 0 Å². The van der Waals surface area contributed by atoms with Crippen molar-refractivity contribution >= 4 is 12.0 Å². The Labute approximate surface area is 145 Å². The van der Waals surface area contributed by atoms with Crippen molar-refractivity contribution in [1.82, 2.24) is 4.90 Å². The minimum Gasteiger partial charge on any atom is -0.392 e. The smallest absolute Gasteiger partial charge is 0.209 e. The number of likely N-dealkylation sites (tertiary alicyclic amines) is 1. The average Bonchev–Trinajstić information content (AvgIpc) is 3.07. The van der Waals surface area contributed by atoms with Gasteiger partial charge in [0.2, 0.25) is 6.41 Å². The second-order valence-corrected chi connectivity index (χ2v) is 6.65. The largest absolute Gasteiger partial charge is 0.392 e. The second-order valence-electron chi connectivity index (χ2n) is 6.65. The molecule has 1 aliphatic heterocycles. The predicted octanol–water partition coefficient (Wildman–Crippen LogP) is 3.91. The molecule has 1 heterocycles. The standard InChI is InChI=1S/C21H27NO2/c1-5-6-20(16(4)15(2)3)17-7-8-21(19(11-17)13-23)18-9-10-22(12-18)14-24/h5-8,11,14-15,18,23H,1,4,9-10,12-13H2,2-3H3/b20-6+. The van der Waals surface area contributed by atoms with Crippen LogP contribution in [0.15, 0.2) is 49.1 Å². The Bertz CT molecular complexity index is 658. The molecule has 0 radical (unpaired) electrons. The van der Waals surface area contributed by atoms with E-state index in [1.165, 1.54) is 0 Å². The van der Waals surface area contributed by atoms with Crippen LogP contribution in [0.25, 0.3) is 5.57 Å². The molecule has 0 spiro atoms. The van der Waals surface area contributed by atoms with Crippen molar-refractivity contribution in [3.63, 3.8) is 0 Å². The molecule has 1 aliphatic rings. The summed E-state index contributed by atoms with van der Waals surface area (Å²) in [5.74, 6) is 0.635. The number of nitrogens with zero attached hydrogens (tertiary/aromatic N) is 1. The van der Waals surface area contributed by atoms with Gasteiger partial charge < -0.3 is 10.0 Å². The molecular formula is C21H27NO2. The van der Waals surface area contributed by atoms with E-state index in [1.807, 2.05) is 12.1 Å². The van der Waals surface area contributed by atoms with E-state index >= 15 is 0 Å². The molecule has 3 heteroatoms. The summed E-state index contributed by atoms with van der Waals surface area (Å²) < 4.78 is 0. The SMILES string of the molecule is C=C/C=C(\C(=C)C(C)C)c1ccc(C2CCN(C=O)C2)c(CO)c1. The lowest BCUT2D eigenvalue weighted by molar-refractivity contribution is -0.117. The molecule has 0 bridgehead atoms. The van der Waals surface area contributed by atoms with Crippen LogP contribution in [0.4, 0.5) is 0 Å². The Morgan fingerprint density at radius 1 is 1.46 bits per heavy atom. The van der Waals surface area contributed by atoms with E-state index in [2.05, 4.69) is 39.1 Å². The fourth-order valence-electron chi connectivity index (χ4n) is 3.26. The highest BCUT2D eigenvalue weighted by molar-refractivity contribution is 5.80. The minimum absolute atomic E-state index is 0.00368. The Hall–Kier alpha value is -2.13. The quantitative estimate of drug-likeness (QED) is 0.610. The van der Waals surface area contributed by atoms with E-state index < -0.39 is 0 Å². The molecule has 1 saturated heterocycles. The number of allylic oxidation sites excluding steroid dienone is 4. The van der Waals surface area contributed by atoms with Gasteiger partial charge in [0.05, 0.1) is 6.61 Å². The fourth-order valence-corrected chi connectivity index (χ4v) is 3.26. The summed E-state index contributed by atoms with van der Waals surface area (Å²) in [5, 5.41) is 9.84. The van der Waals surface area contributed by atoms with Crippen LogP contribution in [0, 0.1) is 5.92 Å². The molecule has 3 nitrogen and oxygen atoms in total. The van der Waals surface area contributed by atoms with Crippen molar-refractivity contribution in [3.05, 3.63) is 65.8 Å². The molecule has 0 aliphatic carbocycles. The van der Waals surface area contributed by atoms with E-state index in [-0.39, 0.29) is 6.61 Å². The minimum atomic E-state index is -0.00368. The van der Waals surface area contributed by atoms with E-state index in [9.17, 15) is 9.90 Å². The van der Waals surface area contributed by atoms with E-state index in [0.717, 1.165) is 53.8 Å². The average molecular weight is 325 g/mol. The van der Waals surface area contributed by atoms with Crippen molar-refractivity contribution < 1.29 is 9.90 Å². The van der Waals surface area contributed by atoms with Crippen molar-refractivity contribution in [2.45, 2.75) is 32.8 Å². The van der Waals surface area contributed by atoms with E-state index in [1.54, 1.807) is 11.0 Å². The maximum absolute atomic E-state index is 10.9. The normalized spacial score (nSPS) is 18.1. The summed E-state index contributed by atoms with van der Waals surface area (Å²) in [4.78, 5) is 12.7. The van der Waals surface area contributed by atoms with Crippen molar-refractivity contribution in [2.24, 2.45) is 5.92 Å². The van der Waals surface area contributed by atoms with Crippen molar-refractivity contribution in [3.8, 4) is 0 Å².